The number of aromatic nitrogens is 1. The highest BCUT2D eigenvalue weighted by atomic mass is 16.5. The van der Waals surface area contributed by atoms with Crippen LogP contribution in [0.1, 0.15) is 36.2 Å². The highest BCUT2D eigenvalue weighted by Gasteiger charge is 2.48. The first-order valence-corrected chi connectivity index (χ1v) is 12.1. The number of hydrogen-bond donors (Lipinski definition) is 1. The summed E-state index contributed by atoms with van der Waals surface area (Å²) in [4.78, 5) is 34.2. The van der Waals surface area contributed by atoms with Crippen LogP contribution in [0.25, 0.3) is 10.9 Å². The van der Waals surface area contributed by atoms with E-state index in [0.717, 1.165) is 27.7 Å². The van der Waals surface area contributed by atoms with Crippen molar-refractivity contribution in [3.8, 4) is 11.5 Å². The third kappa shape index (κ3) is 4.01. The zero-order chi connectivity index (χ0) is 24.5. The van der Waals surface area contributed by atoms with E-state index in [1.165, 1.54) is 0 Å². The second-order valence-electron chi connectivity index (χ2n) is 8.94. The van der Waals surface area contributed by atoms with Crippen LogP contribution >= 0.6 is 0 Å². The number of benzene rings is 2. The fourth-order valence-electron chi connectivity index (χ4n) is 5.39. The summed E-state index contributed by atoms with van der Waals surface area (Å²) in [6, 6.07) is 12.8. The lowest BCUT2D eigenvalue weighted by Crippen LogP contribution is -2.63. The molecule has 5 rings (SSSR count). The average Bonchev–Trinajstić information content (AvgIpc) is 3.24. The van der Waals surface area contributed by atoms with Gasteiger partial charge in [0, 0.05) is 43.3 Å². The Balaban J connectivity index is 1.62. The molecular formula is C27H31N3O5. The second-order valence-corrected chi connectivity index (χ2v) is 8.94. The minimum atomic E-state index is -0.562. The van der Waals surface area contributed by atoms with Crippen LogP contribution in [-0.4, -0.2) is 73.2 Å². The number of hydrogen-bond acceptors (Lipinski definition) is 5. The van der Waals surface area contributed by atoms with Crippen molar-refractivity contribution in [3.63, 3.8) is 0 Å². The minimum absolute atomic E-state index is 0.0143. The van der Waals surface area contributed by atoms with Crippen molar-refractivity contribution < 1.29 is 23.8 Å². The van der Waals surface area contributed by atoms with Crippen LogP contribution in [0.4, 0.5) is 0 Å². The Bertz CT molecular complexity index is 1250. The van der Waals surface area contributed by atoms with Gasteiger partial charge in [-0.1, -0.05) is 24.3 Å². The maximum atomic E-state index is 13.6. The van der Waals surface area contributed by atoms with Crippen LogP contribution in [0.2, 0.25) is 0 Å². The van der Waals surface area contributed by atoms with E-state index in [2.05, 4.69) is 11.1 Å². The van der Waals surface area contributed by atoms with Gasteiger partial charge in [-0.25, -0.2) is 0 Å². The highest BCUT2D eigenvalue weighted by molar-refractivity contribution is 5.97. The number of nitrogens with zero attached hydrogens (tertiary/aromatic N) is 2. The lowest BCUT2D eigenvalue weighted by molar-refractivity contribution is -0.158. The van der Waals surface area contributed by atoms with E-state index >= 15 is 0 Å². The lowest BCUT2D eigenvalue weighted by Gasteiger charge is -2.47. The number of para-hydroxylation sites is 1. The Morgan fingerprint density at radius 2 is 1.91 bits per heavy atom. The van der Waals surface area contributed by atoms with E-state index in [9.17, 15) is 9.59 Å². The number of amides is 2. The Morgan fingerprint density at radius 3 is 2.69 bits per heavy atom. The largest absolute Gasteiger partial charge is 0.493 e. The molecule has 35 heavy (non-hydrogen) atoms. The maximum absolute atomic E-state index is 13.6. The number of rotatable bonds is 8. The predicted molar refractivity (Wildman–Crippen MR) is 132 cm³/mol. The van der Waals surface area contributed by atoms with Gasteiger partial charge in [0.25, 0.3) is 0 Å². The van der Waals surface area contributed by atoms with E-state index in [0.29, 0.717) is 44.1 Å². The van der Waals surface area contributed by atoms with E-state index in [4.69, 9.17) is 14.2 Å². The molecule has 0 spiro atoms. The van der Waals surface area contributed by atoms with Crippen LogP contribution in [0.5, 0.6) is 11.5 Å². The molecule has 0 aliphatic carbocycles. The van der Waals surface area contributed by atoms with Crippen molar-refractivity contribution >= 4 is 22.7 Å². The normalized spacial score (nSPS) is 19.6. The Kier molecular flexibility index (Phi) is 6.38. The van der Waals surface area contributed by atoms with Crippen molar-refractivity contribution in [1.82, 2.24) is 14.8 Å². The van der Waals surface area contributed by atoms with Crippen molar-refractivity contribution in [2.75, 3.05) is 40.5 Å². The predicted octanol–water partition coefficient (Wildman–Crippen LogP) is 3.30. The topological polar surface area (TPSA) is 84.1 Å². The molecule has 2 amide bonds. The van der Waals surface area contributed by atoms with Crippen LogP contribution in [0, 0.1) is 0 Å². The first-order valence-electron chi connectivity index (χ1n) is 12.1. The fourth-order valence-corrected chi connectivity index (χ4v) is 5.39. The smallest absolute Gasteiger partial charge is 0.246 e. The third-order valence-corrected chi connectivity index (χ3v) is 6.92. The Hall–Kier alpha value is -3.52. The number of methoxy groups -OCH3 is 2. The second kappa shape index (κ2) is 9.62. The van der Waals surface area contributed by atoms with Crippen molar-refractivity contribution in [1.29, 1.82) is 0 Å². The van der Waals surface area contributed by atoms with E-state index in [-0.39, 0.29) is 18.4 Å². The summed E-state index contributed by atoms with van der Waals surface area (Å²) >= 11 is 0. The Labute approximate surface area is 204 Å². The standard InChI is InChI=1S/C27H31N3O5/c1-4-35-22-11-10-17(14-23(22)34-3)26-25-19(18-8-5-6-9-20(18)28-25)15-21-27(32)29(12-7-13-33-2)16-24(31)30(21)26/h5-6,8-11,14,21,26,28H,4,7,12-13,15-16H2,1-3H3/t21-,26+/m0/s1. The molecule has 1 fully saturated rings. The molecule has 8 nitrogen and oxygen atoms in total. The first-order chi connectivity index (χ1) is 17.1. The molecule has 1 N–H and O–H groups in total. The van der Waals surface area contributed by atoms with E-state index in [1.54, 1.807) is 24.0 Å². The van der Waals surface area contributed by atoms with Crippen molar-refractivity contribution in [2.24, 2.45) is 0 Å². The van der Waals surface area contributed by atoms with Crippen LogP contribution in [0.3, 0.4) is 0 Å². The number of carbonyl (C=O) groups is 2. The quantitative estimate of drug-likeness (QED) is 0.504. The van der Waals surface area contributed by atoms with Crippen LogP contribution in [0.15, 0.2) is 42.5 Å². The van der Waals surface area contributed by atoms with Gasteiger partial charge in [-0.05, 0) is 42.7 Å². The summed E-state index contributed by atoms with van der Waals surface area (Å²) in [6.45, 7) is 3.56. The molecule has 0 unspecified atom stereocenters. The van der Waals surface area contributed by atoms with Gasteiger partial charge in [0.2, 0.25) is 11.8 Å². The van der Waals surface area contributed by atoms with Gasteiger partial charge in [0.05, 0.1) is 26.3 Å². The molecule has 1 saturated heterocycles. The number of fused-ring (bicyclic) bond motifs is 4. The summed E-state index contributed by atoms with van der Waals surface area (Å²) in [5.41, 5.74) is 3.90. The minimum Gasteiger partial charge on any atom is -0.493 e. The summed E-state index contributed by atoms with van der Waals surface area (Å²) in [5, 5.41) is 1.09. The number of ether oxygens (including phenoxy) is 3. The van der Waals surface area contributed by atoms with Gasteiger partial charge in [0.15, 0.2) is 11.5 Å². The van der Waals surface area contributed by atoms with Crippen LogP contribution in [-0.2, 0) is 20.7 Å². The molecule has 0 saturated carbocycles. The highest BCUT2D eigenvalue weighted by Crippen LogP contribution is 2.44. The molecule has 8 heteroatoms. The zero-order valence-electron chi connectivity index (χ0n) is 20.4. The molecule has 3 aromatic rings. The summed E-state index contributed by atoms with van der Waals surface area (Å²) < 4.78 is 16.5. The Morgan fingerprint density at radius 1 is 1.09 bits per heavy atom. The SMILES string of the molecule is CCOc1ccc([C@@H]2c3[nH]c4ccccc4c3C[C@H]3C(=O)N(CCCOC)CC(=O)N23)cc1OC. The molecule has 2 aliphatic heterocycles. The van der Waals surface area contributed by atoms with E-state index in [1.807, 2.05) is 43.3 Å². The number of nitrogens with one attached hydrogen (secondary N) is 1. The lowest BCUT2D eigenvalue weighted by atomic mass is 9.86. The molecular weight excluding hydrogens is 446 g/mol. The molecule has 0 radical (unpaired) electrons. The van der Waals surface area contributed by atoms with Gasteiger partial charge in [0.1, 0.15) is 6.04 Å². The van der Waals surface area contributed by atoms with Crippen molar-refractivity contribution in [3.05, 3.63) is 59.3 Å². The van der Waals surface area contributed by atoms with Gasteiger partial charge in [-0.15, -0.1) is 0 Å². The molecule has 2 aliphatic rings. The molecule has 0 bridgehead atoms. The fraction of sp³-hybridized carbons (Fsp3) is 0.407. The van der Waals surface area contributed by atoms with Crippen LogP contribution < -0.4 is 9.47 Å². The van der Waals surface area contributed by atoms with E-state index < -0.39 is 12.1 Å². The summed E-state index contributed by atoms with van der Waals surface area (Å²) in [6.07, 6.45) is 1.18. The van der Waals surface area contributed by atoms with Gasteiger partial charge in [-0.3, -0.25) is 9.59 Å². The van der Waals surface area contributed by atoms with Gasteiger partial charge >= 0.3 is 0 Å². The van der Waals surface area contributed by atoms with Gasteiger partial charge in [-0.2, -0.15) is 0 Å². The molecule has 184 valence electrons. The first kappa shape index (κ1) is 23.2. The summed E-state index contributed by atoms with van der Waals surface area (Å²) in [5.74, 6) is 1.17. The number of carbonyl (C=O) groups excluding carboxylic acids is 2. The average molecular weight is 478 g/mol. The molecule has 3 heterocycles. The van der Waals surface area contributed by atoms with Crippen molar-refractivity contribution in [2.45, 2.75) is 31.8 Å². The molecule has 2 aromatic carbocycles. The molecule has 1 aromatic heterocycles. The van der Waals surface area contributed by atoms with Gasteiger partial charge < -0.3 is 29.0 Å². The monoisotopic (exact) mass is 477 g/mol. The number of piperazine rings is 1. The summed E-state index contributed by atoms with van der Waals surface area (Å²) in [7, 11) is 3.24. The molecule has 2 atom stereocenters. The zero-order valence-corrected chi connectivity index (χ0v) is 20.4. The number of H-pyrrole nitrogens is 1. The third-order valence-electron chi connectivity index (χ3n) is 6.92. The maximum Gasteiger partial charge on any atom is 0.246 e. The number of aromatic amines is 1.